The van der Waals surface area contributed by atoms with Crippen LogP contribution in [0.5, 0.6) is 0 Å². The quantitative estimate of drug-likeness (QED) is 0.791. The molecule has 148 valence electrons. The molecule has 1 aliphatic carbocycles. The molecule has 1 aromatic carbocycles. The Bertz CT molecular complexity index is 779. The Morgan fingerprint density at radius 2 is 1.93 bits per heavy atom. The highest BCUT2D eigenvalue weighted by atomic mass is 16.3. The van der Waals surface area contributed by atoms with Crippen molar-refractivity contribution in [3.63, 3.8) is 0 Å². The molecule has 1 aliphatic heterocycles. The molecule has 2 fully saturated rings. The van der Waals surface area contributed by atoms with Crippen molar-refractivity contribution in [1.82, 2.24) is 10.2 Å². The molecule has 1 saturated heterocycles. The smallest absolute Gasteiger partial charge is 0.319 e. The molecule has 0 spiro atoms. The van der Waals surface area contributed by atoms with E-state index in [1.807, 2.05) is 38.1 Å². The molecule has 1 saturated carbocycles. The zero-order chi connectivity index (χ0) is 20.1. The fraction of sp³-hybridized carbons (Fsp3) is 0.565. The Morgan fingerprint density at radius 1 is 1.25 bits per heavy atom. The van der Waals surface area contributed by atoms with Gasteiger partial charge in [0.15, 0.2) is 0 Å². The molecule has 0 unspecified atom stereocenters. The van der Waals surface area contributed by atoms with E-state index < -0.39 is 6.04 Å². The molecule has 3 rings (SSSR count). The number of nitriles is 1. The number of carbonyl (C=O) groups excluding carboxylic acids is 1. The predicted molar refractivity (Wildman–Crippen MR) is 108 cm³/mol. The number of nitrogens with one attached hydrogen (secondary N) is 1. The standard InChI is InChI=1S/C23H29N3O2/c1-16(2)25-23(28)26-20(14-24)22(21(26)15-27)19-12-10-18(11-13-19)9-8-17-6-4-3-5-7-17/h10-13,16-17,20-22,27H,3-7,15H2,1-2H3,(H,25,28)/t20-,21-,22+/m0/s1. The number of benzene rings is 1. The van der Waals surface area contributed by atoms with Crippen molar-refractivity contribution in [1.29, 1.82) is 5.26 Å². The van der Waals surface area contributed by atoms with Crippen LogP contribution in [0.2, 0.25) is 0 Å². The van der Waals surface area contributed by atoms with Crippen molar-refractivity contribution in [2.75, 3.05) is 6.61 Å². The Balaban J connectivity index is 1.71. The average molecular weight is 380 g/mol. The summed E-state index contributed by atoms with van der Waals surface area (Å²) in [5, 5.41) is 22.2. The van der Waals surface area contributed by atoms with Crippen LogP contribution >= 0.6 is 0 Å². The first-order chi connectivity index (χ1) is 13.5. The summed E-state index contributed by atoms with van der Waals surface area (Å²) in [7, 11) is 0. The van der Waals surface area contributed by atoms with Crippen molar-refractivity contribution in [3.8, 4) is 17.9 Å². The van der Waals surface area contributed by atoms with Gasteiger partial charge in [0.05, 0.1) is 18.7 Å². The molecule has 0 bridgehead atoms. The first-order valence-electron chi connectivity index (χ1n) is 10.3. The lowest BCUT2D eigenvalue weighted by Crippen LogP contribution is -2.67. The third-order valence-corrected chi connectivity index (χ3v) is 5.70. The lowest BCUT2D eigenvalue weighted by molar-refractivity contribution is 0.0162. The molecule has 1 heterocycles. The van der Waals surface area contributed by atoms with E-state index in [0.29, 0.717) is 5.92 Å². The van der Waals surface area contributed by atoms with Gasteiger partial charge in [-0.05, 0) is 44.4 Å². The van der Waals surface area contributed by atoms with Gasteiger partial charge in [0.1, 0.15) is 6.04 Å². The fourth-order valence-electron chi connectivity index (χ4n) is 4.23. The highest BCUT2D eigenvalue weighted by molar-refractivity contribution is 5.77. The number of carbonyl (C=O) groups is 1. The molecule has 1 aromatic rings. The minimum atomic E-state index is -0.574. The van der Waals surface area contributed by atoms with E-state index in [0.717, 1.165) is 11.1 Å². The largest absolute Gasteiger partial charge is 0.394 e. The van der Waals surface area contributed by atoms with Crippen molar-refractivity contribution in [2.45, 2.75) is 70.0 Å². The number of hydrogen-bond acceptors (Lipinski definition) is 3. The average Bonchev–Trinajstić information content (AvgIpc) is 2.67. The zero-order valence-electron chi connectivity index (χ0n) is 16.7. The maximum atomic E-state index is 12.4. The molecule has 2 amide bonds. The number of urea groups is 1. The Morgan fingerprint density at radius 3 is 2.50 bits per heavy atom. The van der Waals surface area contributed by atoms with E-state index in [1.165, 1.54) is 37.0 Å². The second-order valence-electron chi connectivity index (χ2n) is 8.09. The van der Waals surface area contributed by atoms with Crippen LogP contribution < -0.4 is 5.32 Å². The molecule has 5 heteroatoms. The van der Waals surface area contributed by atoms with Crippen LogP contribution in [0.3, 0.4) is 0 Å². The molecule has 0 radical (unpaired) electrons. The fourth-order valence-corrected chi connectivity index (χ4v) is 4.23. The van der Waals surface area contributed by atoms with E-state index >= 15 is 0 Å². The monoisotopic (exact) mass is 379 g/mol. The van der Waals surface area contributed by atoms with Gasteiger partial charge in [-0.25, -0.2) is 4.79 Å². The minimum Gasteiger partial charge on any atom is -0.394 e. The van der Waals surface area contributed by atoms with Gasteiger partial charge in [-0.15, -0.1) is 0 Å². The lowest BCUT2D eigenvalue weighted by Gasteiger charge is -2.51. The van der Waals surface area contributed by atoms with Gasteiger partial charge in [-0.3, -0.25) is 0 Å². The molecule has 2 aliphatic rings. The summed E-state index contributed by atoms with van der Waals surface area (Å²) >= 11 is 0. The van der Waals surface area contributed by atoms with Crippen molar-refractivity contribution in [3.05, 3.63) is 35.4 Å². The topological polar surface area (TPSA) is 76.4 Å². The van der Waals surface area contributed by atoms with Crippen LogP contribution in [0, 0.1) is 29.1 Å². The first-order valence-corrected chi connectivity index (χ1v) is 10.3. The number of likely N-dealkylation sites (tertiary alicyclic amines) is 1. The normalized spacial score (nSPS) is 24.7. The number of hydrogen-bond donors (Lipinski definition) is 2. The third kappa shape index (κ3) is 4.32. The highest BCUT2D eigenvalue weighted by Crippen LogP contribution is 2.40. The second-order valence-corrected chi connectivity index (χ2v) is 8.09. The number of aliphatic hydroxyl groups excluding tert-OH is 1. The summed E-state index contributed by atoms with van der Waals surface area (Å²) in [4.78, 5) is 13.8. The summed E-state index contributed by atoms with van der Waals surface area (Å²) in [6, 6.07) is 8.85. The van der Waals surface area contributed by atoms with E-state index in [9.17, 15) is 15.2 Å². The van der Waals surface area contributed by atoms with Gasteiger partial charge in [-0.2, -0.15) is 5.26 Å². The van der Waals surface area contributed by atoms with Crippen LogP contribution in [0.15, 0.2) is 24.3 Å². The zero-order valence-corrected chi connectivity index (χ0v) is 16.7. The summed E-state index contributed by atoms with van der Waals surface area (Å²) < 4.78 is 0. The number of amides is 2. The number of nitrogens with zero attached hydrogens (tertiary/aromatic N) is 2. The van der Waals surface area contributed by atoms with Gasteiger partial charge >= 0.3 is 6.03 Å². The first kappa shape index (κ1) is 20.2. The number of rotatable bonds is 3. The van der Waals surface area contributed by atoms with Crippen LogP contribution in [0.25, 0.3) is 0 Å². The molecular weight excluding hydrogens is 350 g/mol. The summed E-state index contributed by atoms with van der Waals surface area (Å²) in [5.74, 6) is 6.99. The van der Waals surface area contributed by atoms with Gasteiger partial charge < -0.3 is 15.3 Å². The van der Waals surface area contributed by atoms with Crippen molar-refractivity contribution < 1.29 is 9.90 Å². The molecule has 28 heavy (non-hydrogen) atoms. The van der Waals surface area contributed by atoms with E-state index in [1.54, 1.807) is 0 Å². The van der Waals surface area contributed by atoms with Gasteiger partial charge in [-0.1, -0.05) is 43.2 Å². The van der Waals surface area contributed by atoms with Crippen LogP contribution in [-0.4, -0.2) is 40.8 Å². The summed E-state index contributed by atoms with van der Waals surface area (Å²) in [5.41, 5.74) is 1.93. The molecule has 0 aromatic heterocycles. The molecule has 5 nitrogen and oxygen atoms in total. The Hall–Kier alpha value is -2.50. The van der Waals surface area contributed by atoms with Crippen LogP contribution in [0.1, 0.15) is 63.0 Å². The van der Waals surface area contributed by atoms with E-state index in [-0.39, 0.29) is 30.6 Å². The van der Waals surface area contributed by atoms with E-state index in [4.69, 9.17) is 0 Å². The Kier molecular flexibility index (Phi) is 6.60. The van der Waals surface area contributed by atoms with Crippen LogP contribution in [0.4, 0.5) is 4.79 Å². The maximum absolute atomic E-state index is 12.4. The van der Waals surface area contributed by atoms with Gasteiger partial charge in [0.2, 0.25) is 0 Å². The molecule has 2 N–H and O–H groups in total. The number of aliphatic hydroxyl groups is 1. The molecule has 3 atom stereocenters. The summed E-state index contributed by atoms with van der Waals surface area (Å²) in [6.07, 6.45) is 6.28. The van der Waals surface area contributed by atoms with Crippen LogP contribution in [-0.2, 0) is 0 Å². The minimum absolute atomic E-state index is 0.0211. The van der Waals surface area contributed by atoms with E-state index in [2.05, 4.69) is 23.2 Å². The highest BCUT2D eigenvalue weighted by Gasteiger charge is 2.51. The second kappa shape index (κ2) is 9.13. The molecular formula is C23H29N3O2. The lowest BCUT2D eigenvalue weighted by atomic mass is 9.76. The third-order valence-electron chi connectivity index (χ3n) is 5.70. The van der Waals surface area contributed by atoms with Gasteiger partial charge in [0.25, 0.3) is 0 Å². The van der Waals surface area contributed by atoms with Gasteiger partial charge in [0, 0.05) is 23.4 Å². The predicted octanol–water partition coefficient (Wildman–Crippen LogP) is 3.39. The SMILES string of the molecule is CC(C)NC(=O)N1[C@@H](C#N)[C@@H](c2ccc(C#CC3CCCCC3)cc2)[C@@H]1CO. The van der Waals surface area contributed by atoms with Crippen molar-refractivity contribution >= 4 is 6.03 Å². The Labute approximate surface area is 167 Å². The summed E-state index contributed by atoms with van der Waals surface area (Å²) in [6.45, 7) is 3.58. The maximum Gasteiger partial charge on any atom is 0.319 e. The van der Waals surface area contributed by atoms with Crippen molar-refractivity contribution in [2.24, 2.45) is 5.92 Å².